The summed E-state index contributed by atoms with van der Waals surface area (Å²) in [4.78, 5) is 22.6. The van der Waals surface area contributed by atoms with E-state index in [1.165, 1.54) is 19.1 Å². The van der Waals surface area contributed by atoms with Gasteiger partial charge in [0.15, 0.2) is 5.78 Å². The fourth-order valence-corrected chi connectivity index (χ4v) is 1.32. The zero-order valence-corrected chi connectivity index (χ0v) is 10.8. The molecular weight excluding hydrogens is 291 g/mol. The summed E-state index contributed by atoms with van der Waals surface area (Å²) in [6.07, 6.45) is 0. The van der Waals surface area contributed by atoms with Crippen LogP contribution in [-0.2, 0) is 4.79 Å². The molecule has 0 bridgehead atoms. The lowest BCUT2D eigenvalue weighted by Crippen LogP contribution is -2.27. The first-order chi connectivity index (χ1) is 7.73. The topological polar surface area (TPSA) is 46.2 Å². The van der Waals surface area contributed by atoms with Gasteiger partial charge in [-0.1, -0.05) is 40.9 Å². The van der Waals surface area contributed by atoms with E-state index in [2.05, 4.69) is 5.32 Å². The maximum Gasteiger partial charge on any atom is 0.276 e. The maximum absolute atomic E-state index is 13.4. The third-order valence-electron chi connectivity index (χ3n) is 1.87. The van der Waals surface area contributed by atoms with E-state index in [4.69, 9.17) is 34.8 Å². The number of amides is 1. The normalized spacial score (nSPS) is 11.1. The van der Waals surface area contributed by atoms with Crippen LogP contribution < -0.4 is 5.32 Å². The van der Waals surface area contributed by atoms with Crippen molar-refractivity contribution in [2.24, 2.45) is 0 Å². The summed E-state index contributed by atoms with van der Waals surface area (Å²) in [5.41, 5.74) is -0.288. The first-order valence-corrected chi connectivity index (χ1v) is 5.54. The van der Waals surface area contributed by atoms with Gasteiger partial charge in [0.25, 0.3) is 9.70 Å². The fraction of sp³-hybridized carbons (Fsp3) is 0.200. The van der Waals surface area contributed by atoms with Crippen molar-refractivity contribution >= 4 is 52.2 Å². The number of carbonyl (C=O) groups is 2. The van der Waals surface area contributed by atoms with Gasteiger partial charge in [-0.2, -0.15) is 0 Å². The van der Waals surface area contributed by atoms with Gasteiger partial charge in [0.1, 0.15) is 5.82 Å². The van der Waals surface area contributed by atoms with E-state index in [0.717, 1.165) is 6.07 Å². The lowest BCUT2D eigenvalue weighted by molar-refractivity contribution is -0.115. The van der Waals surface area contributed by atoms with Gasteiger partial charge in [-0.05, 0) is 19.1 Å². The molecule has 0 atom stereocenters. The van der Waals surface area contributed by atoms with Gasteiger partial charge < -0.3 is 5.32 Å². The lowest BCUT2D eigenvalue weighted by atomic mass is 10.1. The highest BCUT2D eigenvalue weighted by Gasteiger charge is 2.31. The number of benzene rings is 1. The molecule has 1 aromatic rings. The van der Waals surface area contributed by atoms with Crippen molar-refractivity contribution in [1.29, 1.82) is 0 Å². The van der Waals surface area contributed by atoms with Crippen LogP contribution in [0.15, 0.2) is 18.2 Å². The number of rotatable bonds is 2. The molecule has 1 rings (SSSR count). The van der Waals surface area contributed by atoms with Crippen LogP contribution in [-0.4, -0.2) is 15.5 Å². The van der Waals surface area contributed by atoms with Crippen LogP contribution in [0.3, 0.4) is 0 Å². The molecular formula is C10H7Cl3FNO2. The van der Waals surface area contributed by atoms with E-state index in [-0.39, 0.29) is 11.3 Å². The zero-order chi connectivity index (χ0) is 13.2. The molecule has 0 spiro atoms. The first-order valence-electron chi connectivity index (χ1n) is 4.41. The molecule has 3 nitrogen and oxygen atoms in total. The standard InChI is InChI=1S/C10H7Cl3FNO2/c1-5(16)8-6(14)3-2-4-7(8)15-9(17)10(11,12)13/h2-4H,1H3,(H,15,17). The largest absolute Gasteiger partial charge is 0.322 e. The van der Waals surface area contributed by atoms with Crippen LogP contribution >= 0.6 is 34.8 Å². The Kier molecular flexibility index (Phi) is 4.36. The average Bonchev–Trinajstić information content (AvgIpc) is 2.15. The second kappa shape index (κ2) is 5.21. The second-order valence-electron chi connectivity index (χ2n) is 3.17. The molecule has 17 heavy (non-hydrogen) atoms. The van der Waals surface area contributed by atoms with Crippen molar-refractivity contribution in [3.8, 4) is 0 Å². The summed E-state index contributed by atoms with van der Waals surface area (Å²) in [6.45, 7) is 1.17. The lowest BCUT2D eigenvalue weighted by Gasteiger charge is -2.13. The number of nitrogens with one attached hydrogen (secondary N) is 1. The van der Waals surface area contributed by atoms with Gasteiger partial charge >= 0.3 is 0 Å². The van der Waals surface area contributed by atoms with Gasteiger partial charge in [-0.25, -0.2) is 4.39 Å². The molecule has 1 amide bonds. The van der Waals surface area contributed by atoms with Crippen molar-refractivity contribution in [2.45, 2.75) is 10.7 Å². The predicted octanol–water partition coefficient (Wildman–Crippen LogP) is 3.34. The molecule has 0 aliphatic carbocycles. The summed E-state index contributed by atoms with van der Waals surface area (Å²) in [5.74, 6) is -2.25. The van der Waals surface area contributed by atoms with E-state index < -0.39 is 21.3 Å². The summed E-state index contributed by atoms with van der Waals surface area (Å²) < 4.78 is 11.2. The van der Waals surface area contributed by atoms with Gasteiger partial charge in [-0.3, -0.25) is 9.59 Å². The Morgan fingerprint density at radius 2 is 1.88 bits per heavy atom. The number of ketones is 1. The van der Waals surface area contributed by atoms with Crippen LogP contribution in [0, 0.1) is 5.82 Å². The molecule has 0 radical (unpaired) electrons. The number of hydrogen-bond acceptors (Lipinski definition) is 2. The molecule has 7 heteroatoms. The highest BCUT2D eigenvalue weighted by Crippen LogP contribution is 2.29. The third kappa shape index (κ3) is 3.56. The minimum Gasteiger partial charge on any atom is -0.322 e. The molecule has 0 aliphatic heterocycles. The van der Waals surface area contributed by atoms with Crippen molar-refractivity contribution < 1.29 is 14.0 Å². The Morgan fingerprint density at radius 3 is 2.35 bits per heavy atom. The number of hydrogen-bond donors (Lipinski definition) is 1. The highest BCUT2D eigenvalue weighted by molar-refractivity contribution is 6.76. The Morgan fingerprint density at radius 1 is 1.29 bits per heavy atom. The van der Waals surface area contributed by atoms with E-state index >= 15 is 0 Å². The van der Waals surface area contributed by atoms with Crippen molar-refractivity contribution in [3.63, 3.8) is 0 Å². The van der Waals surface area contributed by atoms with Crippen LogP contribution in [0.1, 0.15) is 17.3 Å². The molecule has 1 N–H and O–H groups in total. The Bertz CT molecular complexity index is 471. The molecule has 92 valence electrons. The SMILES string of the molecule is CC(=O)c1c(F)cccc1NC(=O)C(Cl)(Cl)Cl. The molecule has 0 unspecified atom stereocenters. The second-order valence-corrected chi connectivity index (χ2v) is 5.45. The predicted molar refractivity (Wildman–Crippen MR) is 65.3 cm³/mol. The minimum atomic E-state index is -2.18. The minimum absolute atomic E-state index is 0.0335. The average molecular weight is 299 g/mol. The van der Waals surface area contributed by atoms with E-state index in [1.807, 2.05) is 0 Å². The number of anilines is 1. The molecule has 1 aromatic carbocycles. The fourth-order valence-electron chi connectivity index (χ4n) is 1.18. The van der Waals surface area contributed by atoms with E-state index in [1.54, 1.807) is 0 Å². The monoisotopic (exact) mass is 297 g/mol. The van der Waals surface area contributed by atoms with Crippen LogP contribution in [0.25, 0.3) is 0 Å². The van der Waals surface area contributed by atoms with Gasteiger partial charge in [0.2, 0.25) is 0 Å². The molecule has 0 aliphatic rings. The summed E-state index contributed by atoms with van der Waals surface area (Å²) in [7, 11) is 0. The Balaban J connectivity index is 3.12. The quantitative estimate of drug-likeness (QED) is 0.672. The van der Waals surface area contributed by atoms with Gasteiger partial charge in [-0.15, -0.1) is 0 Å². The smallest absolute Gasteiger partial charge is 0.276 e. The number of Topliss-reactive ketones (excluding diaryl/α,β-unsaturated/α-hetero) is 1. The van der Waals surface area contributed by atoms with Crippen molar-refractivity contribution in [2.75, 3.05) is 5.32 Å². The molecule has 0 aromatic heterocycles. The number of halogens is 4. The summed E-state index contributed by atoms with van der Waals surface area (Å²) in [6, 6.07) is 3.77. The van der Waals surface area contributed by atoms with Crippen LogP contribution in [0.4, 0.5) is 10.1 Å². The third-order valence-corrected chi connectivity index (χ3v) is 2.39. The zero-order valence-electron chi connectivity index (χ0n) is 8.56. The van der Waals surface area contributed by atoms with Gasteiger partial charge in [0, 0.05) is 0 Å². The summed E-state index contributed by atoms with van der Waals surface area (Å²) in [5, 5.41) is 2.18. The molecule has 0 saturated heterocycles. The number of alkyl halides is 3. The molecule has 0 heterocycles. The first kappa shape index (κ1) is 14.2. The maximum atomic E-state index is 13.4. The van der Waals surface area contributed by atoms with Gasteiger partial charge in [0.05, 0.1) is 11.3 Å². The van der Waals surface area contributed by atoms with Crippen LogP contribution in [0.5, 0.6) is 0 Å². The molecule has 0 fully saturated rings. The van der Waals surface area contributed by atoms with E-state index in [9.17, 15) is 14.0 Å². The van der Waals surface area contributed by atoms with Crippen molar-refractivity contribution in [3.05, 3.63) is 29.6 Å². The summed E-state index contributed by atoms with van der Waals surface area (Å²) >= 11 is 16.0. The van der Waals surface area contributed by atoms with Crippen molar-refractivity contribution in [1.82, 2.24) is 0 Å². The number of carbonyl (C=O) groups excluding carboxylic acids is 2. The Hall–Kier alpha value is -0.840. The van der Waals surface area contributed by atoms with E-state index in [0.29, 0.717) is 0 Å². The Labute approximate surface area is 112 Å². The molecule has 0 saturated carbocycles. The highest BCUT2D eigenvalue weighted by atomic mass is 35.6. The van der Waals surface area contributed by atoms with Crippen LogP contribution in [0.2, 0.25) is 0 Å².